The Balaban J connectivity index is 1.37. The van der Waals surface area contributed by atoms with Gasteiger partial charge < -0.3 is 23.7 Å². The van der Waals surface area contributed by atoms with Gasteiger partial charge in [0.1, 0.15) is 6.61 Å². The molecule has 4 aromatic carbocycles. The summed E-state index contributed by atoms with van der Waals surface area (Å²) in [5.41, 5.74) is 2.29. The van der Waals surface area contributed by atoms with E-state index < -0.39 is 12.0 Å². The number of esters is 1. The number of methoxy groups -OCH3 is 2. The lowest BCUT2D eigenvalue weighted by atomic mass is 9.97. The van der Waals surface area contributed by atoms with E-state index in [1.54, 1.807) is 25.3 Å². The first-order valence-corrected chi connectivity index (χ1v) is 16.9. The molecule has 0 radical (unpaired) electrons. The third kappa shape index (κ3) is 6.61. The van der Waals surface area contributed by atoms with Gasteiger partial charge in [0.15, 0.2) is 27.8 Å². The number of ether oxygens (including phenoxy) is 5. The van der Waals surface area contributed by atoms with E-state index in [-0.39, 0.29) is 11.1 Å². The molecule has 11 heteroatoms. The van der Waals surface area contributed by atoms with Gasteiger partial charge in [-0.05, 0) is 77.7 Å². The second-order valence-electron chi connectivity index (χ2n) is 10.7. The fraction of sp³-hybridized carbons (Fsp3) is 0.216. The molecule has 0 aliphatic carbocycles. The van der Waals surface area contributed by atoms with Crippen LogP contribution in [0.2, 0.25) is 0 Å². The molecule has 0 N–H and O–H groups in total. The highest BCUT2D eigenvalue weighted by molar-refractivity contribution is 9.10. The SMILES string of the molecule is CCOc1ccc([C@@H]2C(C(=O)OC)=CN=c3s/c(=C\c4cc(OC)c(OCc5ccc6ccccc6c5)cc4Br)c(=O)n32)cc1OCC. The zero-order valence-corrected chi connectivity index (χ0v) is 29.2. The predicted octanol–water partition coefficient (Wildman–Crippen LogP) is 6.32. The minimum absolute atomic E-state index is 0.221. The molecule has 246 valence electrons. The zero-order chi connectivity index (χ0) is 33.8. The molecule has 5 aromatic rings. The highest BCUT2D eigenvalue weighted by atomic mass is 79.9. The Morgan fingerprint density at radius 2 is 1.65 bits per heavy atom. The Morgan fingerprint density at radius 1 is 0.896 bits per heavy atom. The van der Waals surface area contributed by atoms with Crippen LogP contribution >= 0.6 is 27.3 Å². The summed E-state index contributed by atoms with van der Waals surface area (Å²) in [5, 5.41) is 2.31. The number of hydrogen-bond donors (Lipinski definition) is 0. The normalized spacial score (nSPS) is 14.1. The third-order valence-corrected chi connectivity index (χ3v) is 9.47. The van der Waals surface area contributed by atoms with E-state index in [0.29, 0.717) is 67.8 Å². The molecule has 0 saturated carbocycles. The number of halogens is 1. The molecule has 0 bridgehead atoms. The number of rotatable bonds is 11. The van der Waals surface area contributed by atoms with Crippen molar-refractivity contribution in [3.63, 3.8) is 0 Å². The van der Waals surface area contributed by atoms with Crippen molar-refractivity contribution in [2.24, 2.45) is 4.99 Å². The van der Waals surface area contributed by atoms with Gasteiger partial charge in [0.05, 0.1) is 43.6 Å². The fourth-order valence-corrected chi connectivity index (χ4v) is 6.95. The molecule has 1 aromatic heterocycles. The van der Waals surface area contributed by atoms with Gasteiger partial charge in [-0.25, -0.2) is 9.79 Å². The van der Waals surface area contributed by atoms with Crippen molar-refractivity contribution in [3.8, 4) is 23.0 Å². The molecule has 1 aliphatic heterocycles. The first-order chi connectivity index (χ1) is 23.3. The van der Waals surface area contributed by atoms with Crippen molar-refractivity contribution >= 4 is 50.1 Å². The number of benzene rings is 4. The van der Waals surface area contributed by atoms with Gasteiger partial charge >= 0.3 is 5.97 Å². The maximum atomic E-state index is 14.1. The number of carbonyl (C=O) groups excluding carboxylic acids is 1. The molecular formula is C37H33BrN2O7S. The molecule has 2 heterocycles. The smallest absolute Gasteiger partial charge is 0.337 e. The van der Waals surface area contributed by atoms with Crippen LogP contribution < -0.4 is 33.8 Å². The van der Waals surface area contributed by atoms with E-state index in [1.165, 1.54) is 34.6 Å². The molecule has 0 unspecified atom stereocenters. The maximum Gasteiger partial charge on any atom is 0.337 e. The van der Waals surface area contributed by atoms with Crippen LogP contribution in [0.3, 0.4) is 0 Å². The summed E-state index contributed by atoms with van der Waals surface area (Å²) in [6.45, 7) is 4.99. The van der Waals surface area contributed by atoms with Crippen LogP contribution in [0.4, 0.5) is 0 Å². The van der Waals surface area contributed by atoms with E-state index in [2.05, 4.69) is 45.2 Å². The van der Waals surface area contributed by atoms with Crippen molar-refractivity contribution in [3.05, 3.63) is 125 Å². The van der Waals surface area contributed by atoms with Gasteiger partial charge in [-0.3, -0.25) is 9.36 Å². The molecule has 0 saturated heterocycles. The summed E-state index contributed by atoms with van der Waals surface area (Å²) in [6, 6.07) is 22.6. The minimum Gasteiger partial charge on any atom is -0.493 e. The average molecular weight is 730 g/mol. The van der Waals surface area contributed by atoms with Gasteiger partial charge in [0.25, 0.3) is 5.56 Å². The largest absolute Gasteiger partial charge is 0.493 e. The fourth-order valence-electron chi connectivity index (χ4n) is 5.55. The predicted molar refractivity (Wildman–Crippen MR) is 189 cm³/mol. The monoisotopic (exact) mass is 728 g/mol. The standard InChI is InChI=1S/C37H33BrN2O7S/c1-5-45-29-14-13-25(16-31(29)46-6-2)34-27(36(42)44-4)20-39-37-40(34)35(41)33(48-37)18-26-17-30(43-3)32(19-28(26)38)47-21-22-11-12-23-9-7-8-10-24(23)15-22/h7-20,34H,5-6,21H2,1-4H3/b33-18-/t34-/m1/s1. The van der Waals surface area contributed by atoms with Gasteiger partial charge in [-0.15, -0.1) is 0 Å². The van der Waals surface area contributed by atoms with Crippen LogP contribution in [0, 0.1) is 0 Å². The first kappa shape index (κ1) is 33.0. The van der Waals surface area contributed by atoms with Gasteiger partial charge in [0, 0.05) is 10.7 Å². The Hall–Kier alpha value is -4.87. The highest BCUT2D eigenvalue weighted by Gasteiger charge is 2.31. The van der Waals surface area contributed by atoms with Crippen molar-refractivity contribution in [2.75, 3.05) is 27.4 Å². The summed E-state index contributed by atoms with van der Waals surface area (Å²) in [6.07, 6.45) is 3.23. The Kier molecular flexibility index (Phi) is 9.98. The molecule has 1 atom stereocenters. The van der Waals surface area contributed by atoms with E-state index >= 15 is 0 Å². The molecule has 6 rings (SSSR count). The van der Waals surface area contributed by atoms with Crippen LogP contribution in [0.25, 0.3) is 16.8 Å². The Labute approximate surface area is 289 Å². The van der Waals surface area contributed by atoms with Gasteiger partial charge in [0.2, 0.25) is 0 Å². The quantitative estimate of drug-likeness (QED) is 0.147. The molecule has 0 fully saturated rings. The molecule has 0 amide bonds. The molecule has 48 heavy (non-hydrogen) atoms. The van der Waals surface area contributed by atoms with Crippen LogP contribution in [0.1, 0.15) is 36.6 Å². The maximum absolute atomic E-state index is 14.1. The van der Waals surface area contributed by atoms with Crippen molar-refractivity contribution in [2.45, 2.75) is 26.5 Å². The number of fused-ring (bicyclic) bond motifs is 2. The van der Waals surface area contributed by atoms with Crippen molar-refractivity contribution in [1.82, 2.24) is 4.57 Å². The van der Waals surface area contributed by atoms with E-state index in [4.69, 9.17) is 23.7 Å². The van der Waals surface area contributed by atoms with Crippen molar-refractivity contribution in [1.29, 1.82) is 0 Å². The Bertz CT molecular complexity index is 2220. The number of hydrogen-bond acceptors (Lipinski definition) is 9. The van der Waals surface area contributed by atoms with Crippen LogP contribution in [0.5, 0.6) is 23.0 Å². The number of nitrogens with zero attached hydrogens (tertiary/aromatic N) is 2. The minimum atomic E-state index is -0.797. The number of aromatic nitrogens is 1. The summed E-state index contributed by atoms with van der Waals surface area (Å²) < 4.78 is 31.2. The summed E-state index contributed by atoms with van der Waals surface area (Å²) in [7, 11) is 2.88. The zero-order valence-electron chi connectivity index (χ0n) is 26.8. The average Bonchev–Trinajstić information content (AvgIpc) is 3.42. The molecule has 0 spiro atoms. The second kappa shape index (κ2) is 14.5. The summed E-state index contributed by atoms with van der Waals surface area (Å²) >= 11 is 4.88. The van der Waals surface area contributed by atoms with Gasteiger partial charge in [-0.2, -0.15) is 0 Å². The Morgan fingerprint density at radius 3 is 2.40 bits per heavy atom. The van der Waals surface area contributed by atoms with E-state index in [0.717, 1.165) is 10.9 Å². The van der Waals surface area contributed by atoms with Gasteiger partial charge in [-0.1, -0.05) is 69.7 Å². The number of carbonyl (C=O) groups is 1. The summed E-state index contributed by atoms with van der Waals surface area (Å²) in [4.78, 5) is 32.0. The highest BCUT2D eigenvalue weighted by Crippen LogP contribution is 2.36. The van der Waals surface area contributed by atoms with E-state index in [1.807, 2.05) is 50.2 Å². The lowest BCUT2D eigenvalue weighted by molar-refractivity contribution is -0.136. The lowest BCUT2D eigenvalue weighted by Crippen LogP contribution is -2.39. The van der Waals surface area contributed by atoms with Crippen LogP contribution in [0.15, 0.2) is 98.8 Å². The lowest BCUT2D eigenvalue weighted by Gasteiger charge is -2.23. The topological polar surface area (TPSA) is 97.6 Å². The third-order valence-electron chi connectivity index (χ3n) is 7.79. The summed E-state index contributed by atoms with van der Waals surface area (Å²) in [5.74, 6) is 1.57. The van der Waals surface area contributed by atoms with Crippen molar-refractivity contribution < 1.29 is 28.5 Å². The number of thiazole rings is 1. The van der Waals surface area contributed by atoms with Crippen LogP contribution in [-0.2, 0) is 16.1 Å². The molecule has 1 aliphatic rings. The van der Waals surface area contributed by atoms with E-state index in [9.17, 15) is 9.59 Å². The second-order valence-corrected chi connectivity index (χ2v) is 12.6. The van der Waals surface area contributed by atoms with Crippen LogP contribution in [-0.4, -0.2) is 38.0 Å². The molecular weight excluding hydrogens is 696 g/mol. The first-order valence-electron chi connectivity index (χ1n) is 15.3. The molecule has 9 nitrogen and oxygen atoms in total.